The molecule has 1 aliphatic heterocycles. The number of halogens is 1. The Morgan fingerprint density at radius 2 is 1.87 bits per heavy atom. The molecule has 1 fully saturated rings. The van der Waals surface area contributed by atoms with Crippen molar-refractivity contribution >= 4 is 35.2 Å². The Morgan fingerprint density at radius 3 is 2.57 bits per heavy atom. The number of carbonyl (C=O) groups excluding carboxylic acids is 3. The monoisotopic (exact) mass is 430 g/mol. The quantitative estimate of drug-likeness (QED) is 0.738. The van der Waals surface area contributed by atoms with Gasteiger partial charge in [-0.1, -0.05) is 6.07 Å². The molecule has 0 bridgehead atoms. The van der Waals surface area contributed by atoms with E-state index in [2.05, 4.69) is 5.32 Å². The summed E-state index contributed by atoms with van der Waals surface area (Å²) in [4.78, 5) is 38.6. The molecule has 6 nitrogen and oxygen atoms in total. The van der Waals surface area contributed by atoms with Crippen molar-refractivity contribution in [3.63, 3.8) is 0 Å². The van der Waals surface area contributed by atoms with Gasteiger partial charge < -0.3 is 15.0 Å². The van der Waals surface area contributed by atoms with E-state index in [-0.39, 0.29) is 12.5 Å². The van der Waals surface area contributed by atoms with Crippen molar-refractivity contribution in [3.8, 4) is 0 Å². The number of hydrogen-bond donors (Lipinski definition) is 1. The maximum Gasteiger partial charge on any atom is 0.321 e. The van der Waals surface area contributed by atoms with Gasteiger partial charge in [-0.2, -0.15) is 0 Å². The summed E-state index contributed by atoms with van der Waals surface area (Å²) in [5, 5.41) is 2.13. The van der Waals surface area contributed by atoms with Gasteiger partial charge in [-0.05, 0) is 61.4 Å². The van der Waals surface area contributed by atoms with Gasteiger partial charge in [-0.3, -0.25) is 14.4 Å². The molecule has 30 heavy (non-hydrogen) atoms. The molecule has 3 rings (SSSR count). The Hall–Kier alpha value is -2.87. The fourth-order valence-electron chi connectivity index (χ4n) is 3.00. The molecule has 1 atom stereocenters. The molecular weight excluding hydrogens is 407 g/mol. The van der Waals surface area contributed by atoms with Crippen LogP contribution in [0.3, 0.4) is 0 Å². The van der Waals surface area contributed by atoms with E-state index in [4.69, 9.17) is 4.74 Å². The average molecular weight is 431 g/mol. The van der Waals surface area contributed by atoms with Crippen LogP contribution in [0.2, 0.25) is 0 Å². The molecule has 1 N–H and O–H groups in total. The zero-order chi connectivity index (χ0) is 21.7. The molecule has 2 aromatic carbocycles. The van der Waals surface area contributed by atoms with Crippen molar-refractivity contribution in [1.29, 1.82) is 0 Å². The van der Waals surface area contributed by atoms with Crippen molar-refractivity contribution < 1.29 is 23.5 Å². The Balaban J connectivity index is 1.51. The van der Waals surface area contributed by atoms with Crippen LogP contribution in [-0.2, 0) is 14.3 Å². The number of esters is 1. The number of nitrogens with one attached hydrogen (secondary N) is 1. The van der Waals surface area contributed by atoms with Gasteiger partial charge in [0.25, 0.3) is 11.8 Å². The van der Waals surface area contributed by atoms with Crippen molar-refractivity contribution in [3.05, 3.63) is 65.0 Å². The number of carbonyl (C=O) groups is 3. The number of nitrogens with zero attached hydrogens (tertiary/aromatic N) is 1. The maximum absolute atomic E-state index is 13.1. The van der Waals surface area contributed by atoms with Crippen LogP contribution in [0.4, 0.5) is 10.1 Å². The molecular formula is C22H23FN2O4S. The van der Waals surface area contributed by atoms with Crippen LogP contribution < -0.4 is 5.32 Å². The van der Waals surface area contributed by atoms with Crippen molar-refractivity contribution in [1.82, 2.24) is 4.90 Å². The van der Waals surface area contributed by atoms with E-state index < -0.39 is 29.6 Å². The smallest absolute Gasteiger partial charge is 0.321 e. The minimum atomic E-state index is -0.572. The zero-order valence-corrected chi connectivity index (χ0v) is 17.6. The lowest BCUT2D eigenvalue weighted by Crippen LogP contribution is -2.45. The summed E-state index contributed by atoms with van der Waals surface area (Å²) in [7, 11) is 0. The van der Waals surface area contributed by atoms with Gasteiger partial charge >= 0.3 is 5.97 Å². The van der Waals surface area contributed by atoms with Crippen LogP contribution in [0.15, 0.2) is 42.5 Å². The summed E-state index contributed by atoms with van der Waals surface area (Å²) in [5.41, 5.74) is 3.17. The third-order valence-corrected chi connectivity index (χ3v) is 6.01. The van der Waals surface area contributed by atoms with E-state index >= 15 is 0 Å². The highest BCUT2D eigenvalue weighted by molar-refractivity contribution is 8.00. The molecule has 8 heteroatoms. The Labute approximate surface area is 178 Å². The van der Waals surface area contributed by atoms with Crippen molar-refractivity contribution in [2.75, 3.05) is 30.8 Å². The van der Waals surface area contributed by atoms with E-state index in [0.717, 1.165) is 11.1 Å². The normalized spacial score (nSPS) is 16.1. The zero-order valence-electron chi connectivity index (χ0n) is 16.8. The van der Waals surface area contributed by atoms with Crippen LogP contribution in [0.5, 0.6) is 0 Å². The molecule has 158 valence electrons. The standard InChI is InChI=1S/C22H23FN2O4S/c1-14-3-8-18(11-15(14)2)24-20(26)13-29-22(28)19-12-25(9-10-30-19)21(27)16-4-6-17(23)7-5-16/h3-8,11,19H,9-10,12-13H2,1-2H3,(H,24,26). The molecule has 2 aromatic rings. The van der Waals surface area contributed by atoms with Crippen LogP contribution in [0.1, 0.15) is 21.5 Å². The van der Waals surface area contributed by atoms with E-state index in [1.165, 1.54) is 36.0 Å². The predicted octanol–water partition coefficient (Wildman–Crippen LogP) is 3.18. The average Bonchev–Trinajstić information content (AvgIpc) is 2.75. The van der Waals surface area contributed by atoms with Gasteiger partial charge in [-0.15, -0.1) is 11.8 Å². The maximum atomic E-state index is 13.1. The third-order valence-electron chi connectivity index (χ3n) is 4.84. The first-order valence-electron chi connectivity index (χ1n) is 9.53. The van der Waals surface area contributed by atoms with Crippen LogP contribution >= 0.6 is 11.8 Å². The van der Waals surface area contributed by atoms with Gasteiger partial charge in [0.05, 0.1) is 0 Å². The summed E-state index contributed by atoms with van der Waals surface area (Å²) >= 11 is 1.39. The van der Waals surface area contributed by atoms with Gasteiger partial charge in [-0.25, -0.2) is 4.39 Å². The lowest BCUT2D eigenvalue weighted by Gasteiger charge is -2.31. The Kier molecular flexibility index (Phi) is 7.10. The Bertz CT molecular complexity index is 949. The number of thioether (sulfide) groups is 1. The summed E-state index contributed by atoms with van der Waals surface area (Å²) in [6.07, 6.45) is 0. The minimum Gasteiger partial charge on any atom is -0.455 e. The Morgan fingerprint density at radius 1 is 1.13 bits per heavy atom. The van der Waals surface area contributed by atoms with Crippen molar-refractivity contribution in [2.45, 2.75) is 19.1 Å². The highest BCUT2D eigenvalue weighted by Crippen LogP contribution is 2.22. The van der Waals surface area contributed by atoms with Gasteiger partial charge in [0.2, 0.25) is 0 Å². The number of hydrogen-bond acceptors (Lipinski definition) is 5. The highest BCUT2D eigenvalue weighted by Gasteiger charge is 2.31. The number of benzene rings is 2. The number of anilines is 1. The largest absolute Gasteiger partial charge is 0.455 e. The first-order valence-corrected chi connectivity index (χ1v) is 10.6. The summed E-state index contributed by atoms with van der Waals surface area (Å²) in [6, 6.07) is 10.8. The predicted molar refractivity (Wildman–Crippen MR) is 114 cm³/mol. The summed E-state index contributed by atoms with van der Waals surface area (Å²) in [6.45, 7) is 4.20. The topological polar surface area (TPSA) is 75.7 Å². The first-order chi connectivity index (χ1) is 14.3. The molecule has 0 aromatic heterocycles. The fraction of sp³-hybridized carbons (Fsp3) is 0.318. The SMILES string of the molecule is Cc1ccc(NC(=O)COC(=O)C2CN(C(=O)c3ccc(F)cc3)CCS2)cc1C. The molecule has 1 unspecified atom stereocenters. The number of amides is 2. The highest BCUT2D eigenvalue weighted by atomic mass is 32.2. The lowest BCUT2D eigenvalue weighted by atomic mass is 10.1. The minimum absolute atomic E-state index is 0.179. The molecule has 1 saturated heterocycles. The number of ether oxygens (including phenoxy) is 1. The van der Waals surface area contributed by atoms with E-state index in [9.17, 15) is 18.8 Å². The van der Waals surface area contributed by atoms with Crippen LogP contribution in [-0.4, -0.2) is 53.4 Å². The number of rotatable bonds is 5. The fourth-order valence-corrected chi connectivity index (χ4v) is 4.10. The second kappa shape index (κ2) is 9.75. The van der Waals surface area contributed by atoms with Crippen LogP contribution in [0.25, 0.3) is 0 Å². The molecule has 1 heterocycles. The molecule has 0 aliphatic carbocycles. The summed E-state index contributed by atoms with van der Waals surface area (Å²) < 4.78 is 18.2. The number of aryl methyl sites for hydroxylation is 2. The second-order valence-corrected chi connectivity index (χ2v) is 8.38. The van der Waals surface area contributed by atoms with Gasteiger partial charge in [0.1, 0.15) is 11.1 Å². The second-order valence-electron chi connectivity index (χ2n) is 7.07. The van der Waals surface area contributed by atoms with E-state index in [1.54, 1.807) is 11.0 Å². The molecule has 0 saturated carbocycles. The van der Waals surface area contributed by atoms with Gasteiger partial charge in [0, 0.05) is 30.1 Å². The summed E-state index contributed by atoms with van der Waals surface area (Å²) in [5.74, 6) is -1.07. The first kappa shape index (κ1) is 21.8. The van der Waals surface area contributed by atoms with Gasteiger partial charge in [0.15, 0.2) is 6.61 Å². The van der Waals surface area contributed by atoms with E-state index in [1.807, 2.05) is 26.0 Å². The molecule has 2 amide bonds. The van der Waals surface area contributed by atoms with Crippen molar-refractivity contribution in [2.24, 2.45) is 0 Å². The van der Waals surface area contributed by atoms with Crippen LogP contribution in [0, 0.1) is 19.7 Å². The molecule has 0 spiro atoms. The third kappa shape index (κ3) is 5.60. The molecule has 0 radical (unpaired) electrons. The lowest BCUT2D eigenvalue weighted by molar-refractivity contribution is -0.146. The molecule has 1 aliphatic rings. The van der Waals surface area contributed by atoms with E-state index in [0.29, 0.717) is 23.5 Å².